The van der Waals surface area contributed by atoms with Crippen LogP contribution in [-0.4, -0.2) is 31.3 Å². The first kappa shape index (κ1) is 14.5. The average molecular weight is 262 g/mol. The van der Waals surface area contributed by atoms with Crippen molar-refractivity contribution in [3.8, 4) is 0 Å². The molecular weight excluding hydrogens is 236 g/mol. The van der Waals surface area contributed by atoms with Gasteiger partial charge in [-0.15, -0.1) is 0 Å². The molecule has 0 aromatic carbocycles. The number of nitrogens with one attached hydrogen (secondary N) is 1. The second-order valence-electron chi connectivity index (χ2n) is 5.35. The van der Waals surface area contributed by atoms with Crippen molar-refractivity contribution >= 4 is 0 Å². The number of methoxy groups -OCH3 is 1. The molecule has 19 heavy (non-hydrogen) atoms. The van der Waals surface area contributed by atoms with E-state index < -0.39 is 0 Å². The van der Waals surface area contributed by atoms with E-state index in [1.54, 1.807) is 7.11 Å². The van der Waals surface area contributed by atoms with Crippen LogP contribution in [0.5, 0.6) is 0 Å². The monoisotopic (exact) mass is 262 g/mol. The molecule has 2 unspecified atom stereocenters. The minimum Gasteiger partial charge on any atom is -0.385 e. The zero-order valence-corrected chi connectivity index (χ0v) is 12.2. The summed E-state index contributed by atoms with van der Waals surface area (Å²) in [7, 11) is 1.78. The van der Waals surface area contributed by atoms with E-state index in [4.69, 9.17) is 4.74 Å². The number of pyridine rings is 1. The molecule has 0 amide bonds. The Morgan fingerprint density at radius 2 is 2.42 bits per heavy atom. The van der Waals surface area contributed by atoms with E-state index in [0.29, 0.717) is 12.0 Å². The smallest absolute Gasteiger partial charge is 0.0481 e. The van der Waals surface area contributed by atoms with Gasteiger partial charge < -0.3 is 10.1 Å². The zero-order valence-electron chi connectivity index (χ0n) is 12.2. The fraction of sp³-hybridized carbons (Fsp3) is 0.688. The van der Waals surface area contributed by atoms with Gasteiger partial charge in [-0.05, 0) is 50.3 Å². The molecule has 1 aromatic heterocycles. The van der Waals surface area contributed by atoms with E-state index in [9.17, 15) is 0 Å². The van der Waals surface area contributed by atoms with E-state index in [2.05, 4.69) is 29.4 Å². The molecule has 1 aliphatic rings. The zero-order chi connectivity index (χ0) is 13.5. The molecule has 3 heteroatoms. The van der Waals surface area contributed by atoms with Gasteiger partial charge in [-0.3, -0.25) is 4.98 Å². The fourth-order valence-corrected chi connectivity index (χ4v) is 3.19. The Balaban J connectivity index is 2.08. The maximum Gasteiger partial charge on any atom is 0.0481 e. The highest BCUT2D eigenvalue weighted by molar-refractivity contribution is 5.27. The number of ether oxygens (including phenoxy) is 1. The largest absolute Gasteiger partial charge is 0.385 e. The van der Waals surface area contributed by atoms with E-state index in [1.165, 1.54) is 36.9 Å². The quantitative estimate of drug-likeness (QED) is 0.767. The van der Waals surface area contributed by atoms with Crippen LogP contribution in [0.1, 0.15) is 49.8 Å². The van der Waals surface area contributed by atoms with Crippen molar-refractivity contribution in [3.05, 3.63) is 29.6 Å². The van der Waals surface area contributed by atoms with Crippen LogP contribution < -0.4 is 5.32 Å². The molecular formula is C16H26N2O. The summed E-state index contributed by atoms with van der Waals surface area (Å²) in [6, 6.07) is 4.84. The fourth-order valence-electron chi connectivity index (χ4n) is 3.19. The van der Waals surface area contributed by atoms with Gasteiger partial charge in [0.2, 0.25) is 0 Å². The van der Waals surface area contributed by atoms with Crippen molar-refractivity contribution in [2.75, 3.05) is 20.3 Å². The summed E-state index contributed by atoms with van der Waals surface area (Å²) in [6.45, 7) is 4.06. The lowest BCUT2D eigenvalue weighted by atomic mass is 9.80. The van der Waals surface area contributed by atoms with Crippen LogP contribution in [0.15, 0.2) is 18.3 Å². The van der Waals surface area contributed by atoms with Gasteiger partial charge in [-0.2, -0.15) is 0 Å². The third-order valence-electron chi connectivity index (χ3n) is 4.05. The lowest BCUT2D eigenvalue weighted by Crippen LogP contribution is -2.37. The Morgan fingerprint density at radius 1 is 1.53 bits per heavy atom. The lowest BCUT2D eigenvalue weighted by molar-refractivity contribution is 0.186. The van der Waals surface area contributed by atoms with Gasteiger partial charge in [0.1, 0.15) is 0 Å². The van der Waals surface area contributed by atoms with Gasteiger partial charge in [0.25, 0.3) is 0 Å². The molecule has 0 aliphatic heterocycles. The van der Waals surface area contributed by atoms with Gasteiger partial charge in [-0.25, -0.2) is 0 Å². The number of likely N-dealkylation sites (N-methyl/N-ethyl adjacent to an activating group) is 1. The van der Waals surface area contributed by atoms with Crippen molar-refractivity contribution in [2.24, 2.45) is 0 Å². The second-order valence-corrected chi connectivity index (χ2v) is 5.35. The summed E-state index contributed by atoms with van der Waals surface area (Å²) in [5.41, 5.74) is 2.78. The van der Waals surface area contributed by atoms with Gasteiger partial charge in [0, 0.05) is 37.6 Å². The van der Waals surface area contributed by atoms with Crippen molar-refractivity contribution in [3.63, 3.8) is 0 Å². The van der Waals surface area contributed by atoms with Crippen molar-refractivity contribution in [1.29, 1.82) is 0 Å². The Bertz CT molecular complexity index is 381. The number of aromatic nitrogens is 1. The van der Waals surface area contributed by atoms with Gasteiger partial charge in [-0.1, -0.05) is 13.0 Å². The lowest BCUT2D eigenvalue weighted by Gasteiger charge is -2.32. The molecule has 1 heterocycles. The van der Waals surface area contributed by atoms with Gasteiger partial charge in [0.15, 0.2) is 0 Å². The molecule has 1 N–H and O–H groups in total. The molecule has 3 nitrogen and oxygen atoms in total. The molecule has 0 bridgehead atoms. The van der Waals surface area contributed by atoms with Crippen LogP contribution >= 0.6 is 0 Å². The molecule has 0 saturated heterocycles. The molecule has 106 valence electrons. The number of aryl methyl sites for hydroxylation is 1. The topological polar surface area (TPSA) is 34.1 Å². The van der Waals surface area contributed by atoms with Crippen LogP contribution in [0, 0.1) is 0 Å². The predicted octanol–water partition coefficient (Wildman–Crippen LogP) is 2.91. The highest BCUT2D eigenvalue weighted by Gasteiger charge is 2.28. The normalized spacial score (nSPS) is 20.0. The van der Waals surface area contributed by atoms with Gasteiger partial charge in [0.05, 0.1) is 0 Å². The third kappa shape index (κ3) is 3.77. The van der Waals surface area contributed by atoms with Crippen LogP contribution in [0.3, 0.4) is 0 Å². The molecule has 2 rings (SSSR count). The number of nitrogens with zero attached hydrogens (tertiary/aromatic N) is 1. The average Bonchev–Trinajstić information content (AvgIpc) is 2.46. The SMILES string of the molecule is CCNC(CCCOC)C1CCCc2cccnc21. The van der Waals surface area contributed by atoms with Crippen molar-refractivity contribution in [1.82, 2.24) is 10.3 Å². The highest BCUT2D eigenvalue weighted by atomic mass is 16.5. The standard InChI is InChI=1S/C16H26N2O/c1-3-17-15(10-6-12-19-2)14-9-4-7-13-8-5-11-18-16(13)14/h5,8,11,14-15,17H,3-4,6-7,9-10,12H2,1-2H3. The number of rotatable bonds is 7. The Morgan fingerprint density at radius 3 is 3.21 bits per heavy atom. The Labute approximate surface area is 116 Å². The third-order valence-corrected chi connectivity index (χ3v) is 4.05. The molecule has 0 saturated carbocycles. The minimum atomic E-state index is 0.536. The summed E-state index contributed by atoms with van der Waals surface area (Å²) in [4.78, 5) is 4.66. The molecule has 2 atom stereocenters. The Kier molecular flexibility index (Phi) is 5.80. The van der Waals surface area contributed by atoms with Crippen molar-refractivity contribution < 1.29 is 4.74 Å². The van der Waals surface area contributed by atoms with E-state index >= 15 is 0 Å². The predicted molar refractivity (Wildman–Crippen MR) is 78.5 cm³/mol. The molecule has 1 aromatic rings. The van der Waals surface area contributed by atoms with E-state index in [0.717, 1.165) is 19.6 Å². The first-order valence-corrected chi connectivity index (χ1v) is 7.53. The summed E-state index contributed by atoms with van der Waals surface area (Å²) in [6.07, 6.45) is 7.96. The molecule has 1 aliphatic carbocycles. The number of hydrogen-bond acceptors (Lipinski definition) is 3. The number of hydrogen-bond donors (Lipinski definition) is 1. The first-order chi connectivity index (χ1) is 9.36. The minimum absolute atomic E-state index is 0.536. The first-order valence-electron chi connectivity index (χ1n) is 7.53. The molecule has 0 radical (unpaired) electrons. The van der Waals surface area contributed by atoms with Gasteiger partial charge >= 0.3 is 0 Å². The van der Waals surface area contributed by atoms with Crippen molar-refractivity contribution in [2.45, 2.75) is 51.0 Å². The highest BCUT2D eigenvalue weighted by Crippen LogP contribution is 2.33. The number of fused-ring (bicyclic) bond motifs is 1. The molecule has 0 spiro atoms. The summed E-state index contributed by atoms with van der Waals surface area (Å²) in [5, 5.41) is 3.66. The van der Waals surface area contributed by atoms with Crippen LogP contribution in [0.2, 0.25) is 0 Å². The van der Waals surface area contributed by atoms with E-state index in [-0.39, 0.29) is 0 Å². The Hall–Kier alpha value is -0.930. The maximum atomic E-state index is 5.18. The second kappa shape index (κ2) is 7.61. The van der Waals surface area contributed by atoms with Crippen LogP contribution in [-0.2, 0) is 11.2 Å². The summed E-state index contributed by atoms with van der Waals surface area (Å²) < 4.78 is 5.18. The van der Waals surface area contributed by atoms with Crippen LogP contribution in [0.4, 0.5) is 0 Å². The maximum absolute atomic E-state index is 5.18. The van der Waals surface area contributed by atoms with E-state index in [1.807, 2.05) is 6.20 Å². The van der Waals surface area contributed by atoms with Crippen LogP contribution in [0.25, 0.3) is 0 Å². The summed E-state index contributed by atoms with van der Waals surface area (Å²) in [5.74, 6) is 0.571. The molecule has 0 fully saturated rings. The summed E-state index contributed by atoms with van der Waals surface area (Å²) >= 11 is 0.